The van der Waals surface area contributed by atoms with Gasteiger partial charge in [-0.05, 0) is 42.5 Å². The Kier molecular flexibility index (Phi) is 3.40. The number of aliphatic carboxylic acids is 1. The summed E-state index contributed by atoms with van der Waals surface area (Å²) in [4.78, 5) is 13.9. The normalized spacial score (nSPS) is 29.3. The Morgan fingerprint density at radius 3 is 2.80 bits per heavy atom. The van der Waals surface area contributed by atoms with Crippen LogP contribution in [0, 0.1) is 11.7 Å². The molecule has 1 aliphatic heterocycles. The predicted molar refractivity (Wildman–Crippen MR) is 75.5 cm³/mol. The highest BCUT2D eigenvalue weighted by Crippen LogP contribution is 2.46. The Morgan fingerprint density at radius 1 is 1.30 bits per heavy atom. The number of carboxylic acid groups (broad SMARTS) is 1. The summed E-state index contributed by atoms with van der Waals surface area (Å²) in [5.41, 5.74) is 1.52. The summed E-state index contributed by atoms with van der Waals surface area (Å²) < 4.78 is 13.6. The number of nitrogens with zero attached hydrogens (tertiary/aromatic N) is 1. The van der Waals surface area contributed by atoms with Crippen molar-refractivity contribution in [1.29, 1.82) is 0 Å². The lowest BCUT2D eigenvalue weighted by atomic mass is 9.74. The van der Waals surface area contributed by atoms with E-state index in [1.54, 1.807) is 6.07 Å². The van der Waals surface area contributed by atoms with E-state index in [1.165, 1.54) is 12.1 Å². The highest BCUT2D eigenvalue weighted by atomic mass is 19.1. The maximum absolute atomic E-state index is 13.6. The second kappa shape index (κ2) is 5.08. The third kappa shape index (κ3) is 2.07. The van der Waals surface area contributed by atoms with Gasteiger partial charge >= 0.3 is 5.97 Å². The SMILES string of the molecule is CN1c2ccc(F)cc2C(C(=O)O)C2CCCCCC21. The standard InChI is InChI=1S/C16H20FNO2/c1-18-13-6-4-2-3-5-11(13)15(16(19)20)12-9-10(17)7-8-14(12)18/h7-9,11,13,15H,2-6H2,1H3,(H,19,20). The number of carbonyl (C=O) groups is 1. The van der Waals surface area contributed by atoms with Gasteiger partial charge in [0.05, 0.1) is 5.92 Å². The molecule has 1 saturated carbocycles. The van der Waals surface area contributed by atoms with Gasteiger partial charge in [0, 0.05) is 18.8 Å². The molecule has 2 aliphatic rings. The van der Waals surface area contributed by atoms with Crippen molar-refractivity contribution in [3.05, 3.63) is 29.6 Å². The number of carboxylic acids is 1. The first-order chi connectivity index (χ1) is 9.59. The second-order valence-corrected chi connectivity index (χ2v) is 6.00. The van der Waals surface area contributed by atoms with Gasteiger partial charge in [0.2, 0.25) is 0 Å². The molecule has 0 bridgehead atoms. The van der Waals surface area contributed by atoms with Gasteiger partial charge < -0.3 is 10.0 Å². The van der Waals surface area contributed by atoms with Crippen LogP contribution >= 0.6 is 0 Å². The van der Waals surface area contributed by atoms with E-state index >= 15 is 0 Å². The zero-order valence-corrected chi connectivity index (χ0v) is 11.7. The molecule has 1 heterocycles. The first-order valence-corrected chi connectivity index (χ1v) is 7.34. The molecule has 1 aromatic carbocycles. The topological polar surface area (TPSA) is 40.5 Å². The predicted octanol–water partition coefficient (Wildman–Crippen LogP) is 3.39. The second-order valence-electron chi connectivity index (χ2n) is 6.00. The number of hydrogen-bond acceptors (Lipinski definition) is 2. The van der Waals surface area contributed by atoms with E-state index in [4.69, 9.17) is 0 Å². The van der Waals surface area contributed by atoms with Gasteiger partial charge in [-0.25, -0.2) is 4.39 Å². The zero-order chi connectivity index (χ0) is 14.3. The monoisotopic (exact) mass is 277 g/mol. The molecule has 1 N–H and O–H groups in total. The smallest absolute Gasteiger partial charge is 0.311 e. The van der Waals surface area contributed by atoms with Crippen LogP contribution < -0.4 is 4.90 Å². The molecule has 0 aromatic heterocycles. The maximum atomic E-state index is 13.6. The summed E-state index contributed by atoms with van der Waals surface area (Å²) in [6, 6.07) is 4.81. The van der Waals surface area contributed by atoms with Crippen LogP contribution in [0.3, 0.4) is 0 Å². The van der Waals surface area contributed by atoms with E-state index in [0.717, 1.165) is 37.8 Å². The van der Waals surface area contributed by atoms with E-state index in [-0.39, 0.29) is 17.8 Å². The minimum Gasteiger partial charge on any atom is -0.481 e. The molecular formula is C16H20FNO2. The average molecular weight is 277 g/mol. The highest BCUT2D eigenvalue weighted by Gasteiger charge is 2.43. The molecule has 0 spiro atoms. The Bertz CT molecular complexity index is 531. The molecule has 3 unspecified atom stereocenters. The van der Waals surface area contributed by atoms with Crippen molar-refractivity contribution in [3.63, 3.8) is 0 Å². The number of anilines is 1. The fourth-order valence-corrected chi connectivity index (χ4v) is 4.01. The van der Waals surface area contributed by atoms with Gasteiger partial charge in [0.25, 0.3) is 0 Å². The largest absolute Gasteiger partial charge is 0.481 e. The fourth-order valence-electron chi connectivity index (χ4n) is 4.01. The van der Waals surface area contributed by atoms with Gasteiger partial charge in [-0.15, -0.1) is 0 Å². The average Bonchev–Trinajstić information content (AvgIpc) is 2.64. The molecule has 0 radical (unpaired) electrons. The highest BCUT2D eigenvalue weighted by molar-refractivity contribution is 5.81. The quantitative estimate of drug-likeness (QED) is 0.855. The molecule has 20 heavy (non-hydrogen) atoms. The summed E-state index contributed by atoms with van der Waals surface area (Å²) in [5.74, 6) is -1.65. The molecule has 1 aromatic rings. The molecule has 3 nitrogen and oxygen atoms in total. The van der Waals surface area contributed by atoms with E-state index in [9.17, 15) is 14.3 Å². The van der Waals surface area contributed by atoms with Gasteiger partial charge in [-0.3, -0.25) is 4.79 Å². The van der Waals surface area contributed by atoms with E-state index < -0.39 is 11.9 Å². The summed E-state index contributed by atoms with van der Waals surface area (Å²) in [5, 5.41) is 9.65. The fraction of sp³-hybridized carbons (Fsp3) is 0.562. The first kappa shape index (κ1) is 13.4. The van der Waals surface area contributed by atoms with Crippen LogP contribution in [0.5, 0.6) is 0 Å². The van der Waals surface area contributed by atoms with Crippen LogP contribution in [-0.2, 0) is 4.79 Å². The molecular weight excluding hydrogens is 257 g/mol. The Hall–Kier alpha value is -1.58. The molecule has 3 rings (SSSR count). The lowest BCUT2D eigenvalue weighted by Gasteiger charge is -2.44. The van der Waals surface area contributed by atoms with Crippen molar-refractivity contribution in [1.82, 2.24) is 0 Å². The number of halogens is 1. The molecule has 0 saturated heterocycles. The Morgan fingerprint density at radius 2 is 2.05 bits per heavy atom. The summed E-state index contributed by atoms with van der Waals surface area (Å²) in [6.45, 7) is 0. The number of fused-ring (bicyclic) bond motifs is 2. The van der Waals surface area contributed by atoms with Crippen LogP contribution in [0.15, 0.2) is 18.2 Å². The molecule has 3 atom stereocenters. The van der Waals surface area contributed by atoms with Crippen LogP contribution in [-0.4, -0.2) is 24.2 Å². The number of hydrogen-bond donors (Lipinski definition) is 1. The third-order valence-electron chi connectivity index (χ3n) is 4.93. The summed E-state index contributed by atoms with van der Waals surface area (Å²) in [7, 11) is 2.01. The maximum Gasteiger partial charge on any atom is 0.311 e. The van der Waals surface area contributed by atoms with Gasteiger partial charge in [0.1, 0.15) is 5.82 Å². The van der Waals surface area contributed by atoms with Crippen molar-refractivity contribution < 1.29 is 14.3 Å². The van der Waals surface area contributed by atoms with Crippen LogP contribution in [0.2, 0.25) is 0 Å². The minimum absolute atomic E-state index is 0.0919. The van der Waals surface area contributed by atoms with Gasteiger partial charge in [0.15, 0.2) is 0 Å². The molecule has 108 valence electrons. The van der Waals surface area contributed by atoms with Gasteiger partial charge in [-0.2, -0.15) is 0 Å². The summed E-state index contributed by atoms with van der Waals surface area (Å²) >= 11 is 0. The minimum atomic E-state index is -0.818. The van der Waals surface area contributed by atoms with Crippen molar-refractivity contribution >= 4 is 11.7 Å². The lowest BCUT2D eigenvalue weighted by molar-refractivity contribution is -0.140. The van der Waals surface area contributed by atoms with Crippen molar-refractivity contribution in [3.8, 4) is 0 Å². The molecule has 1 aliphatic carbocycles. The lowest BCUT2D eigenvalue weighted by Crippen LogP contribution is -2.46. The van der Waals surface area contributed by atoms with Crippen LogP contribution in [0.25, 0.3) is 0 Å². The van der Waals surface area contributed by atoms with E-state index in [1.807, 2.05) is 7.05 Å². The van der Waals surface area contributed by atoms with Gasteiger partial charge in [-0.1, -0.05) is 19.3 Å². The van der Waals surface area contributed by atoms with Crippen LogP contribution in [0.4, 0.5) is 10.1 Å². The number of rotatable bonds is 1. The Balaban J connectivity index is 2.12. The van der Waals surface area contributed by atoms with Crippen molar-refractivity contribution in [2.45, 2.75) is 44.1 Å². The van der Waals surface area contributed by atoms with E-state index in [2.05, 4.69) is 4.90 Å². The van der Waals surface area contributed by atoms with E-state index in [0.29, 0.717) is 5.56 Å². The molecule has 4 heteroatoms. The summed E-state index contributed by atoms with van der Waals surface area (Å²) in [6.07, 6.45) is 5.33. The Labute approximate surface area is 118 Å². The van der Waals surface area contributed by atoms with Crippen molar-refractivity contribution in [2.75, 3.05) is 11.9 Å². The number of benzene rings is 1. The van der Waals surface area contributed by atoms with Crippen molar-refractivity contribution in [2.24, 2.45) is 5.92 Å². The zero-order valence-electron chi connectivity index (χ0n) is 11.7. The van der Waals surface area contributed by atoms with Crippen LogP contribution in [0.1, 0.15) is 43.6 Å². The third-order valence-corrected chi connectivity index (χ3v) is 4.93. The first-order valence-electron chi connectivity index (χ1n) is 7.34. The molecule has 0 amide bonds. The molecule has 1 fully saturated rings.